The summed E-state index contributed by atoms with van der Waals surface area (Å²) >= 11 is 0. The molecule has 562 valence electrons. The van der Waals surface area contributed by atoms with Crippen molar-refractivity contribution < 1.29 is 91.5 Å². The first-order valence-corrected chi connectivity index (χ1v) is 34.4. The van der Waals surface area contributed by atoms with E-state index in [1.807, 2.05) is 27.7 Å². The molecule has 32 heteroatoms. The third kappa shape index (κ3) is 53.4. The number of oxime groups is 2. The molecule has 0 heterocycles. The van der Waals surface area contributed by atoms with Crippen molar-refractivity contribution in [1.29, 1.82) is 0 Å². The van der Waals surface area contributed by atoms with Crippen LogP contribution < -0.4 is 59.3 Å². The fourth-order valence-electron chi connectivity index (χ4n) is 8.51. The minimum absolute atomic E-state index is 0.0131. The number of rotatable bonds is 66. The predicted octanol–water partition coefficient (Wildman–Crippen LogP) is 0.981. The Morgan fingerprint density at radius 2 is 0.711 bits per heavy atom. The molecule has 0 rings (SSSR count). The van der Waals surface area contributed by atoms with Crippen LogP contribution in [0.2, 0.25) is 0 Å². The van der Waals surface area contributed by atoms with Crippen molar-refractivity contribution in [1.82, 2.24) is 47.9 Å². The molecule has 0 spiro atoms. The number of primary amides is 2. The number of amides is 9. The smallest absolute Gasteiger partial charge is 0.246 e. The topological polar surface area (TPSA) is 453 Å². The van der Waals surface area contributed by atoms with Gasteiger partial charge in [0.25, 0.3) is 0 Å². The summed E-state index contributed by atoms with van der Waals surface area (Å²) in [6.07, 6.45) is 8.54. The zero-order valence-electron chi connectivity index (χ0n) is 59.5. The van der Waals surface area contributed by atoms with E-state index in [9.17, 15) is 53.6 Å². The Morgan fingerprint density at radius 1 is 0.381 bits per heavy atom. The second-order valence-corrected chi connectivity index (χ2v) is 24.8. The minimum atomic E-state index is -0.850. The lowest BCUT2D eigenvalue weighted by molar-refractivity contribution is -0.129. The first kappa shape index (κ1) is 90.8. The molecule has 0 bridgehead atoms. The fourth-order valence-corrected chi connectivity index (χ4v) is 8.51. The van der Waals surface area contributed by atoms with Gasteiger partial charge in [-0.05, 0) is 119 Å². The van der Waals surface area contributed by atoms with E-state index in [0.717, 1.165) is 12.8 Å². The number of nitrogens with zero attached hydrogens (tertiary/aromatic N) is 2. The predicted molar refractivity (Wildman–Crippen MR) is 365 cm³/mol. The van der Waals surface area contributed by atoms with Crippen LogP contribution in [0.1, 0.15) is 165 Å². The molecular weight excluding hydrogens is 1270 g/mol. The summed E-state index contributed by atoms with van der Waals surface area (Å²) in [5.41, 5.74) is 10.1. The molecule has 0 saturated heterocycles. The number of nitrogens with two attached hydrogens (primary N) is 2. The molecule has 0 saturated carbocycles. The number of carbonyl (C=O) groups is 9. The third-order valence-corrected chi connectivity index (χ3v) is 15.6. The van der Waals surface area contributed by atoms with Crippen LogP contribution in [0, 0.1) is 11.8 Å². The molecule has 0 fully saturated rings. The quantitative estimate of drug-likeness (QED) is 0.0175. The van der Waals surface area contributed by atoms with Crippen LogP contribution >= 0.6 is 0 Å². The van der Waals surface area contributed by atoms with Crippen LogP contribution in [0.25, 0.3) is 0 Å². The lowest BCUT2D eigenvalue weighted by Crippen LogP contribution is -2.57. The molecule has 0 aliphatic rings. The van der Waals surface area contributed by atoms with Crippen LogP contribution in [-0.2, 0) is 81.0 Å². The summed E-state index contributed by atoms with van der Waals surface area (Å²) in [6, 6.07) is -1.29. The summed E-state index contributed by atoms with van der Waals surface area (Å²) < 4.78 is 43.6. The van der Waals surface area contributed by atoms with Gasteiger partial charge in [0.15, 0.2) is 0 Å². The van der Waals surface area contributed by atoms with E-state index in [2.05, 4.69) is 58.2 Å². The van der Waals surface area contributed by atoms with E-state index in [0.29, 0.717) is 187 Å². The first-order chi connectivity index (χ1) is 46.3. The largest absolute Gasteiger partial charge is 0.411 e. The Labute approximate surface area is 574 Å². The van der Waals surface area contributed by atoms with Crippen LogP contribution in [0.4, 0.5) is 0 Å². The van der Waals surface area contributed by atoms with Crippen molar-refractivity contribution in [3.05, 3.63) is 0 Å². The Morgan fingerprint density at radius 3 is 1.11 bits per heavy atom. The van der Waals surface area contributed by atoms with Crippen molar-refractivity contribution in [3.8, 4) is 0 Å². The van der Waals surface area contributed by atoms with Gasteiger partial charge in [0.2, 0.25) is 53.2 Å². The van der Waals surface area contributed by atoms with Gasteiger partial charge < -0.3 is 108 Å². The summed E-state index contributed by atoms with van der Waals surface area (Å²) in [7, 11) is 0. The molecule has 32 nitrogen and oxygen atoms in total. The van der Waals surface area contributed by atoms with Gasteiger partial charge in [-0.1, -0.05) is 37.0 Å². The molecule has 97 heavy (non-hydrogen) atoms. The molecule has 0 aliphatic carbocycles. The zero-order valence-corrected chi connectivity index (χ0v) is 59.5. The number of ether oxygens (including phenoxy) is 8. The van der Waals surface area contributed by atoms with Gasteiger partial charge in [0.1, 0.15) is 25.9 Å². The minimum Gasteiger partial charge on any atom is -0.411 e. The Kier molecular flexibility index (Phi) is 54.9. The lowest BCUT2D eigenvalue weighted by atomic mass is 9.98. The molecular formula is C65H123N13O19. The van der Waals surface area contributed by atoms with E-state index >= 15 is 0 Å². The second kappa shape index (κ2) is 58.7. The molecule has 0 aromatic carbocycles. The summed E-state index contributed by atoms with van der Waals surface area (Å²) in [4.78, 5) is 111. The summed E-state index contributed by atoms with van der Waals surface area (Å²) in [5.74, 6) is -3.04. The highest BCUT2D eigenvalue weighted by atomic mass is 16.6. The van der Waals surface area contributed by atoms with E-state index in [4.69, 9.17) is 49.4 Å². The molecule has 0 aliphatic heterocycles. The number of unbranched alkanes of at least 4 members (excludes halogenated alkanes) is 4. The molecule has 0 unspecified atom stereocenters. The van der Waals surface area contributed by atoms with Gasteiger partial charge in [-0.25, -0.2) is 0 Å². The van der Waals surface area contributed by atoms with E-state index in [1.54, 1.807) is 27.7 Å². The van der Waals surface area contributed by atoms with E-state index in [1.165, 1.54) is 0 Å². The molecule has 0 aromatic rings. The van der Waals surface area contributed by atoms with Crippen molar-refractivity contribution in [2.24, 2.45) is 33.6 Å². The lowest BCUT2D eigenvalue weighted by Gasteiger charge is -2.32. The van der Waals surface area contributed by atoms with Crippen LogP contribution in [-0.4, -0.2) is 250 Å². The van der Waals surface area contributed by atoms with Gasteiger partial charge in [0, 0.05) is 96.7 Å². The highest BCUT2D eigenvalue weighted by molar-refractivity contribution is 5.91. The molecule has 3 atom stereocenters. The average Bonchev–Trinajstić information content (AvgIpc) is 3.18. The van der Waals surface area contributed by atoms with E-state index < -0.39 is 29.1 Å². The Bertz CT molecular complexity index is 2220. The fraction of sp³-hybridized carbons (Fsp3) is 0.831. The van der Waals surface area contributed by atoms with Crippen LogP contribution in [0.15, 0.2) is 10.3 Å². The standard InChI is InChI=1S/C65H123N13O19/c1-49(61(66)85)20-9-13-27-69-58(82)46-96-42-39-94-40-43-97-48-60(84)71-30-19-33-92-35-37-93-36-34-91-32-18-29-70-59(83)47-95-41-38-90-31-16-12-23-55(79)68-26-15-11-22-54(63(87)72-28-14-10-21-50(2)62(67)86)76-57(81)25-17-24-56(80)75-53(44-73-64(5,6)51(3)77-88)45-74-65(7,8)52(4)78-89/h49-50,53-54,73-74,88-89H,9-48H2,1-8H3,(H2,66,85)(H2,67,86)(H,68,79)(H,69,82)(H,70,83)(H,71,84)(H,72,87)(H,75,80)(H,76,81)/b77-51-,78-52-/t49-,50-,54-/m0/s1. The summed E-state index contributed by atoms with van der Waals surface area (Å²) in [6.45, 7) is 21.2. The molecule has 15 N–H and O–H groups in total. The maximum atomic E-state index is 13.4. The maximum Gasteiger partial charge on any atom is 0.246 e. The average molecular weight is 1390 g/mol. The van der Waals surface area contributed by atoms with Gasteiger partial charge >= 0.3 is 0 Å². The third-order valence-electron chi connectivity index (χ3n) is 15.6. The van der Waals surface area contributed by atoms with Gasteiger partial charge in [-0.3, -0.25) is 43.2 Å². The molecule has 0 aromatic heterocycles. The monoisotopic (exact) mass is 1390 g/mol. The first-order valence-electron chi connectivity index (χ1n) is 34.4. The number of carbonyl (C=O) groups excluding carboxylic acids is 9. The Hall–Kier alpha value is -6.23. The number of hydrogen-bond acceptors (Lipinski definition) is 23. The Balaban J connectivity index is 4.18. The normalized spacial score (nSPS) is 13.2. The van der Waals surface area contributed by atoms with Crippen LogP contribution in [0.5, 0.6) is 0 Å². The van der Waals surface area contributed by atoms with Gasteiger partial charge in [-0.2, -0.15) is 0 Å². The van der Waals surface area contributed by atoms with Crippen LogP contribution in [0.3, 0.4) is 0 Å². The van der Waals surface area contributed by atoms with E-state index in [-0.39, 0.29) is 131 Å². The van der Waals surface area contributed by atoms with Crippen molar-refractivity contribution in [3.63, 3.8) is 0 Å². The number of nitrogens with one attached hydrogen (secondary N) is 9. The highest BCUT2D eigenvalue weighted by Crippen LogP contribution is 2.11. The van der Waals surface area contributed by atoms with Crippen molar-refractivity contribution in [2.75, 3.05) is 152 Å². The SMILES string of the molecule is C/C(=N/O)C(C)(C)NCC(CNC(C)(C)/C(C)=N\O)NC(=O)CCCC(=O)N[C@@H](CCCCNC(=O)CCCCOCCOCC(=O)NCCCOCCOCCOCCCNC(=O)COCCOCCOCC(=O)NCCCC[C@H](C)C(N)=O)C(=O)NCCCC[C@H](C)C(N)=O. The zero-order chi connectivity index (χ0) is 72.4. The van der Waals surface area contributed by atoms with Crippen molar-refractivity contribution in [2.45, 2.75) is 188 Å². The van der Waals surface area contributed by atoms with Gasteiger partial charge in [0.05, 0.1) is 94.6 Å². The summed E-state index contributed by atoms with van der Waals surface area (Å²) in [5, 5.41) is 51.8. The maximum absolute atomic E-state index is 13.4. The molecule has 9 amide bonds. The van der Waals surface area contributed by atoms with Crippen molar-refractivity contribution >= 4 is 64.6 Å². The number of hydrogen-bond donors (Lipinski definition) is 13. The second-order valence-electron chi connectivity index (χ2n) is 24.8. The van der Waals surface area contributed by atoms with Gasteiger partial charge in [-0.15, -0.1) is 0 Å². The molecule has 0 radical (unpaired) electrons. The highest BCUT2D eigenvalue weighted by Gasteiger charge is 2.28.